The highest BCUT2D eigenvalue weighted by Gasteiger charge is 2.25. The fraction of sp³-hybridized carbons (Fsp3) is 0.292. The predicted molar refractivity (Wildman–Crippen MR) is 121 cm³/mol. The number of nitrogens with zero attached hydrogens (tertiary/aromatic N) is 4. The van der Waals surface area contributed by atoms with E-state index in [1.165, 1.54) is 5.57 Å². The van der Waals surface area contributed by atoms with Gasteiger partial charge in [-0.25, -0.2) is 9.97 Å². The maximum Gasteiger partial charge on any atom is 0.150 e. The number of hydrogen-bond donors (Lipinski definition) is 1. The molecule has 1 saturated heterocycles. The van der Waals surface area contributed by atoms with E-state index < -0.39 is 0 Å². The quantitative estimate of drug-likeness (QED) is 0.635. The lowest BCUT2D eigenvalue weighted by Gasteiger charge is -2.33. The first kappa shape index (κ1) is 20.4. The lowest BCUT2D eigenvalue weighted by molar-refractivity contribution is -0.0293. The highest BCUT2D eigenvalue weighted by molar-refractivity contribution is 5.64. The Balaban J connectivity index is 1.26. The summed E-state index contributed by atoms with van der Waals surface area (Å²) in [6.45, 7) is 3.72. The van der Waals surface area contributed by atoms with Crippen LogP contribution in [0.1, 0.15) is 17.4 Å². The lowest BCUT2D eigenvalue weighted by Crippen LogP contribution is -2.40. The average Bonchev–Trinajstić information content (AvgIpc) is 2.84. The fourth-order valence-electron chi connectivity index (χ4n) is 3.93. The minimum absolute atomic E-state index is 0.0927. The standard InChI is InChI=1S/C24H25N5O3/c1-30-19-5-6-21-18(12-19)11-17(16-32-21)14-29-9-10-31-22(15-29)20-3-2-4-23(27-20)28-24-13-25-7-8-26-24/h2-8,11-13,22H,9-10,14-16H2,1H3,(H,26,27,28). The van der Waals surface area contributed by atoms with Gasteiger partial charge in [0, 0.05) is 37.6 Å². The number of fused-ring (bicyclic) bond motifs is 1. The largest absolute Gasteiger partial charge is 0.497 e. The van der Waals surface area contributed by atoms with E-state index in [0.717, 1.165) is 48.2 Å². The van der Waals surface area contributed by atoms with Crippen LogP contribution in [-0.4, -0.2) is 59.8 Å². The monoisotopic (exact) mass is 431 g/mol. The summed E-state index contributed by atoms with van der Waals surface area (Å²) < 4.78 is 17.3. The van der Waals surface area contributed by atoms with Gasteiger partial charge in [0.05, 0.1) is 25.6 Å². The molecule has 0 bridgehead atoms. The second kappa shape index (κ2) is 9.33. The SMILES string of the molecule is COc1ccc2c(c1)C=C(CN1CCOC(c3cccc(Nc4cnccn4)n3)C1)CO2. The molecule has 0 spiro atoms. The third-order valence-corrected chi connectivity index (χ3v) is 5.49. The summed E-state index contributed by atoms with van der Waals surface area (Å²) in [5.41, 5.74) is 3.19. The lowest BCUT2D eigenvalue weighted by atomic mass is 10.1. The number of anilines is 2. The van der Waals surface area contributed by atoms with Crippen LogP contribution in [0.4, 0.5) is 11.6 Å². The maximum absolute atomic E-state index is 6.05. The highest BCUT2D eigenvalue weighted by Crippen LogP contribution is 2.31. The molecule has 2 aliphatic rings. The molecule has 1 N–H and O–H groups in total. The minimum atomic E-state index is -0.0927. The molecule has 4 heterocycles. The summed E-state index contributed by atoms with van der Waals surface area (Å²) in [5, 5.41) is 3.19. The van der Waals surface area contributed by atoms with Gasteiger partial charge in [-0.1, -0.05) is 6.07 Å². The van der Waals surface area contributed by atoms with Crippen molar-refractivity contribution in [3.63, 3.8) is 0 Å². The van der Waals surface area contributed by atoms with Gasteiger partial charge < -0.3 is 19.5 Å². The summed E-state index contributed by atoms with van der Waals surface area (Å²) in [4.78, 5) is 15.4. The summed E-state index contributed by atoms with van der Waals surface area (Å²) in [7, 11) is 1.68. The maximum atomic E-state index is 6.05. The molecule has 5 rings (SSSR count). The summed E-state index contributed by atoms with van der Waals surface area (Å²) >= 11 is 0. The van der Waals surface area contributed by atoms with Crippen molar-refractivity contribution in [3.05, 3.63) is 71.8 Å². The van der Waals surface area contributed by atoms with Gasteiger partial charge in [-0.05, 0) is 42.0 Å². The van der Waals surface area contributed by atoms with Crippen LogP contribution < -0.4 is 14.8 Å². The van der Waals surface area contributed by atoms with Gasteiger partial charge in [0.15, 0.2) is 0 Å². The first-order chi connectivity index (χ1) is 15.8. The van der Waals surface area contributed by atoms with E-state index in [1.807, 2.05) is 36.4 Å². The first-order valence-corrected chi connectivity index (χ1v) is 10.6. The number of pyridine rings is 1. The molecule has 3 aromatic rings. The third kappa shape index (κ3) is 4.71. The van der Waals surface area contributed by atoms with Gasteiger partial charge in [-0.3, -0.25) is 9.88 Å². The number of benzene rings is 1. The molecule has 1 fully saturated rings. The molecule has 2 aliphatic heterocycles. The first-order valence-electron chi connectivity index (χ1n) is 10.6. The number of hydrogen-bond acceptors (Lipinski definition) is 8. The van der Waals surface area contributed by atoms with Crippen molar-refractivity contribution in [2.75, 3.05) is 45.3 Å². The second-order valence-corrected chi connectivity index (χ2v) is 7.75. The van der Waals surface area contributed by atoms with Crippen molar-refractivity contribution in [3.8, 4) is 11.5 Å². The summed E-state index contributed by atoms with van der Waals surface area (Å²) in [6, 6.07) is 11.8. The fourth-order valence-corrected chi connectivity index (χ4v) is 3.93. The van der Waals surface area contributed by atoms with Crippen LogP contribution in [0.5, 0.6) is 11.5 Å². The van der Waals surface area contributed by atoms with E-state index in [2.05, 4.69) is 26.3 Å². The van der Waals surface area contributed by atoms with Gasteiger partial charge in [0.25, 0.3) is 0 Å². The number of methoxy groups -OCH3 is 1. The molecule has 0 saturated carbocycles. The van der Waals surface area contributed by atoms with E-state index in [0.29, 0.717) is 19.0 Å². The van der Waals surface area contributed by atoms with Crippen LogP contribution in [0.2, 0.25) is 0 Å². The van der Waals surface area contributed by atoms with Gasteiger partial charge in [-0.15, -0.1) is 0 Å². The van der Waals surface area contributed by atoms with Crippen molar-refractivity contribution in [1.82, 2.24) is 19.9 Å². The van der Waals surface area contributed by atoms with E-state index in [9.17, 15) is 0 Å². The van der Waals surface area contributed by atoms with Crippen molar-refractivity contribution < 1.29 is 14.2 Å². The Morgan fingerprint density at radius 2 is 2.16 bits per heavy atom. The molecule has 0 radical (unpaired) electrons. The molecule has 0 amide bonds. The molecule has 164 valence electrons. The van der Waals surface area contributed by atoms with Crippen molar-refractivity contribution in [1.29, 1.82) is 0 Å². The molecule has 1 aromatic carbocycles. The molecular formula is C24H25N5O3. The number of morpholine rings is 1. The summed E-state index contributed by atoms with van der Waals surface area (Å²) in [6.07, 6.45) is 7.06. The van der Waals surface area contributed by atoms with Crippen LogP contribution in [0.25, 0.3) is 6.08 Å². The summed E-state index contributed by atoms with van der Waals surface area (Å²) in [5.74, 6) is 3.10. The van der Waals surface area contributed by atoms with Gasteiger partial charge in [-0.2, -0.15) is 0 Å². The Morgan fingerprint density at radius 3 is 3.03 bits per heavy atom. The molecular weight excluding hydrogens is 406 g/mol. The van der Waals surface area contributed by atoms with E-state index >= 15 is 0 Å². The second-order valence-electron chi connectivity index (χ2n) is 7.75. The van der Waals surface area contributed by atoms with Crippen LogP contribution in [0.3, 0.4) is 0 Å². The van der Waals surface area contributed by atoms with Gasteiger partial charge in [0.1, 0.15) is 35.8 Å². The number of nitrogens with one attached hydrogen (secondary N) is 1. The Labute approximate surface area is 186 Å². The van der Waals surface area contributed by atoms with Crippen LogP contribution >= 0.6 is 0 Å². The minimum Gasteiger partial charge on any atom is -0.497 e. The van der Waals surface area contributed by atoms with Crippen LogP contribution in [0, 0.1) is 0 Å². The van der Waals surface area contributed by atoms with Crippen molar-refractivity contribution in [2.24, 2.45) is 0 Å². The Kier molecular flexibility index (Phi) is 5.96. The Bertz CT molecular complexity index is 1110. The molecule has 8 nitrogen and oxygen atoms in total. The third-order valence-electron chi connectivity index (χ3n) is 5.49. The molecule has 32 heavy (non-hydrogen) atoms. The topological polar surface area (TPSA) is 81.6 Å². The zero-order chi connectivity index (χ0) is 21.8. The van der Waals surface area contributed by atoms with E-state index in [-0.39, 0.29) is 6.10 Å². The van der Waals surface area contributed by atoms with E-state index in [1.54, 1.807) is 25.7 Å². The zero-order valence-corrected chi connectivity index (χ0v) is 17.9. The van der Waals surface area contributed by atoms with Crippen molar-refractivity contribution in [2.45, 2.75) is 6.10 Å². The molecule has 1 unspecified atom stereocenters. The predicted octanol–water partition coefficient (Wildman–Crippen LogP) is 3.47. The number of ether oxygens (including phenoxy) is 3. The molecule has 8 heteroatoms. The number of rotatable bonds is 6. The van der Waals surface area contributed by atoms with Crippen LogP contribution in [0.15, 0.2) is 60.6 Å². The van der Waals surface area contributed by atoms with E-state index in [4.69, 9.17) is 19.2 Å². The van der Waals surface area contributed by atoms with Gasteiger partial charge >= 0.3 is 0 Å². The van der Waals surface area contributed by atoms with Crippen LogP contribution in [-0.2, 0) is 4.74 Å². The molecule has 1 atom stereocenters. The molecule has 0 aliphatic carbocycles. The Hall–Kier alpha value is -3.49. The molecule has 2 aromatic heterocycles. The Morgan fingerprint density at radius 1 is 1.19 bits per heavy atom. The van der Waals surface area contributed by atoms with Gasteiger partial charge in [0.2, 0.25) is 0 Å². The van der Waals surface area contributed by atoms with Crippen molar-refractivity contribution >= 4 is 17.7 Å². The highest BCUT2D eigenvalue weighted by atomic mass is 16.5. The average molecular weight is 431 g/mol. The normalized spacial score (nSPS) is 18.3. The number of aromatic nitrogens is 3. The smallest absolute Gasteiger partial charge is 0.150 e. The zero-order valence-electron chi connectivity index (χ0n) is 17.9.